The first-order chi connectivity index (χ1) is 8.54. The van der Waals surface area contributed by atoms with E-state index in [0.717, 1.165) is 0 Å². The van der Waals surface area contributed by atoms with Crippen molar-refractivity contribution >= 4 is 17.6 Å². The number of benzene rings is 1. The van der Waals surface area contributed by atoms with E-state index in [4.69, 9.17) is 26.2 Å². The van der Waals surface area contributed by atoms with E-state index in [1.807, 2.05) is 6.92 Å². The molecule has 0 aliphatic carbocycles. The number of carboxylic acids is 1. The van der Waals surface area contributed by atoms with Gasteiger partial charge < -0.3 is 19.7 Å². The molecule has 0 spiro atoms. The van der Waals surface area contributed by atoms with Crippen molar-refractivity contribution in [2.24, 2.45) is 0 Å². The summed E-state index contributed by atoms with van der Waals surface area (Å²) in [6, 6.07) is 4.22. The predicted octanol–water partition coefficient (Wildman–Crippen LogP) is 1.81. The maximum absolute atomic E-state index is 10.9. The Kier molecular flexibility index (Phi) is 5.91. The highest BCUT2D eigenvalue weighted by atomic mass is 35.5. The van der Waals surface area contributed by atoms with Crippen molar-refractivity contribution < 1.29 is 24.5 Å². The average molecular weight is 275 g/mol. The molecule has 1 atom stereocenters. The summed E-state index contributed by atoms with van der Waals surface area (Å²) in [5, 5.41) is 18.8. The third kappa shape index (κ3) is 4.52. The van der Waals surface area contributed by atoms with Crippen molar-refractivity contribution in [1.29, 1.82) is 0 Å². The minimum atomic E-state index is -1.11. The highest BCUT2D eigenvalue weighted by Crippen LogP contribution is 2.23. The quantitative estimate of drug-likeness (QED) is 0.793. The monoisotopic (exact) mass is 274 g/mol. The smallest absolute Gasteiger partial charge is 0.339 e. The fourth-order valence-electron chi connectivity index (χ4n) is 1.28. The van der Waals surface area contributed by atoms with Gasteiger partial charge >= 0.3 is 5.97 Å². The Bertz CT molecular complexity index is 407. The maximum Gasteiger partial charge on any atom is 0.339 e. The molecular formula is C12H15ClO5. The first kappa shape index (κ1) is 14.8. The molecule has 0 bridgehead atoms. The zero-order valence-electron chi connectivity index (χ0n) is 9.93. The Morgan fingerprint density at radius 2 is 2.17 bits per heavy atom. The molecule has 0 aliphatic rings. The van der Waals surface area contributed by atoms with Crippen molar-refractivity contribution in [3.8, 4) is 5.75 Å². The molecule has 0 heterocycles. The normalized spacial score (nSPS) is 12.2. The Balaban J connectivity index is 2.65. The van der Waals surface area contributed by atoms with Gasteiger partial charge in [0.05, 0.1) is 6.61 Å². The second-order valence-corrected chi connectivity index (χ2v) is 4.01. The summed E-state index contributed by atoms with van der Waals surface area (Å²) in [5.41, 5.74) is 0.00279. The molecule has 1 rings (SSSR count). The van der Waals surface area contributed by atoms with Gasteiger partial charge in [0.25, 0.3) is 0 Å². The lowest BCUT2D eigenvalue weighted by molar-refractivity contribution is 0.0161. The number of hydrogen-bond donors (Lipinski definition) is 2. The van der Waals surface area contributed by atoms with Crippen LogP contribution in [-0.2, 0) is 4.74 Å². The second-order valence-electron chi connectivity index (χ2n) is 3.57. The van der Waals surface area contributed by atoms with Crippen LogP contribution in [0.3, 0.4) is 0 Å². The summed E-state index contributed by atoms with van der Waals surface area (Å²) in [4.78, 5) is 10.9. The van der Waals surface area contributed by atoms with Crippen LogP contribution in [0.25, 0.3) is 0 Å². The largest absolute Gasteiger partial charge is 0.490 e. The van der Waals surface area contributed by atoms with Gasteiger partial charge in [0.1, 0.15) is 24.0 Å². The SMILES string of the molecule is CCOCC(O)COc1cc(Cl)ccc1C(=O)O. The number of halogens is 1. The van der Waals surface area contributed by atoms with E-state index < -0.39 is 12.1 Å². The molecule has 0 fully saturated rings. The molecule has 5 nitrogen and oxygen atoms in total. The van der Waals surface area contributed by atoms with E-state index in [0.29, 0.717) is 11.6 Å². The van der Waals surface area contributed by atoms with Gasteiger partial charge in [-0.2, -0.15) is 0 Å². The molecule has 0 saturated heterocycles. The van der Waals surface area contributed by atoms with Gasteiger partial charge in [-0.3, -0.25) is 0 Å². The van der Waals surface area contributed by atoms with Crippen LogP contribution in [0.5, 0.6) is 5.75 Å². The number of rotatable bonds is 7. The van der Waals surface area contributed by atoms with Crippen LogP contribution in [-0.4, -0.2) is 42.1 Å². The molecule has 1 unspecified atom stereocenters. The molecule has 18 heavy (non-hydrogen) atoms. The lowest BCUT2D eigenvalue weighted by atomic mass is 10.2. The number of aliphatic hydroxyl groups excluding tert-OH is 1. The molecule has 0 saturated carbocycles. The van der Waals surface area contributed by atoms with Crippen LogP contribution >= 0.6 is 11.6 Å². The van der Waals surface area contributed by atoms with E-state index >= 15 is 0 Å². The highest BCUT2D eigenvalue weighted by Gasteiger charge is 2.13. The van der Waals surface area contributed by atoms with Gasteiger partial charge in [-0.25, -0.2) is 4.79 Å². The minimum absolute atomic E-state index is 0.00279. The number of aromatic carboxylic acids is 1. The van der Waals surface area contributed by atoms with Crippen LogP contribution in [0.4, 0.5) is 0 Å². The van der Waals surface area contributed by atoms with E-state index in [1.54, 1.807) is 0 Å². The van der Waals surface area contributed by atoms with Crippen molar-refractivity contribution in [1.82, 2.24) is 0 Å². The summed E-state index contributed by atoms with van der Waals surface area (Å²) >= 11 is 5.76. The highest BCUT2D eigenvalue weighted by molar-refractivity contribution is 6.30. The van der Waals surface area contributed by atoms with Crippen molar-refractivity contribution in [3.63, 3.8) is 0 Å². The van der Waals surface area contributed by atoms with E-state index in [9.17, 15) is 9.90 Å². The summed E-state index contributed by atoms with van der Waals surface area (Å²) in [5.74, 6) is -0.980. The summed E-state index contributed by atoms with van der Waals surface area (Å²) < 4.78 is 10.3. The number of hydrogen-bond acceptors (Lipinski definition) is 4. The number of ether oxygens (including phenoxy) is 2. The standard InChI is InChI=1S/C12H15ClO5/c1-2-17-6-9(14)7-18-11-5-8(13)3-4-10(11)12(15)16/h3-5,9,14H,2,6-7H2,1H3,(H,15,16). The Morgan fingerprint density at radius 1 is 1.44 bits per heavy atom. The van der Waals surface area contributed by atoms with Crippen molar-refractivity contribution in [2.75, 3.05) is 19.8 Å². The van der Waals surface area contributed by atoms with Crippen molar-refractivity contribution in [3.05, 3.63) is 28.8 Å². The first-order valence-corrected chi connectivity index (χ1v) is 5.83. The fourth-order valence-corrected chi connectivity index (χ4v) is 1.44. The summed E-state index contributed by atoms with van der Waals surface area (Å²) in [6.45, 7) is 2.39. The van der Waals surface area contributed by atoms with Crippen LogP contribution in [0.1, 0.15) is 17.3 Å². The third-order valence-electron chi connectivity index (χ3n) is 2.12. The molecule has 1 aromatic carbocycles. The zero-order chi connectivity index (χ0) is 13.5. The maximum atomic E-state index is 10.9. The number of aliphatic hydroxyl groups is 1. The minimum Gasteiger partial charge on any atom is -0.490 e. The van der Waals surface area contributed by atoms with Gasteiger partial charge in [-0.15, -0.1) is 0 Å². The van der Waals surface area contributed by atoms with Crippen LogP contribution in [0, 0.1) is 0 Å². The van der Waals surface area contributed by atoms with Crippen molar-refractivity contribution in [2.45, 2.75) is 13.0 Å². The van der Waals surface area contributed by atoms with E-state index in [-0.39, 0.29) is 24.5 Å². The van der Waals surface area contributed by atoms with Gasteiger partial charge in [0.2, 0.25) is 0 Å². The fraction of sp³-hybridized carbons (Fsp3) is 0.417. The molecule has 0 radical (unpaired) electrons. The number of carbonyl (C=O) groups is 1. The molecule has 0 aliphatic heterocycles. The van der Waals surface area contributed by atoms with Crippen LogP contribution in [0.2, 0.25) is 5.02 Å². The molecule has 1 aromatic rings. The molecular weight excluding hydrogens is 260 g/mol. The van der Waals surface area contributed by atoms with Crippen LogP contribution < -0.4 is 4.74 Å². The first-order valence-electron chi connectivity index (χ1n) is 5.46. The third-order valence-corrected chi connectivity index (χ3v) is 2.35. The van der Waals surface area contributed by atoms with Gasteiger partial charge in [0.15, 0.2) is 0 Å². The topological polar surface area (TPSA) is 76.0 Å². The lowest BCUT2D eigenvalue weighted by Gasteiger charge is -2.13. The zero-order valence-corrected chi connectivity index (χ0v) is 10.7. The molecule has 6 heteroatoms. The second kappa shape index (κ2) is 7.20. The lowest BCUT2D eigenvalue weighted by Crippen LogP contribution is -2.24. The Labute approximate surface area is 110 Å². The van der Waals surface area contributed by atoms with Gasteiger partial charge in [-0.05, 0) is 25.1 Å². The Hall–Kier alpha value is -1.30. The van der Waals surface area contributed by atoms with E-state index in [2.05, 4.69) is 0 Å². The summed E-state index contributed by atoms with van der Waals surface area (Å²) in [6.07, 6.45) is -0.814. The predicted molar refractivity (Wildman–Crippen MR) is 66.4 cm³/mol. The van der Waals surface area contributed by atoms with E-state index in [1.165, 1.54) is 18.2 Å². The average Bonchev–Trinajstić information content (AvgIpc) is 2.33. The van der Waals surface area contributed by atoms with Gasteiger partial charge in [0, 0.05) is 11.6 Å². The number of carboxylic acid groups (broad SMARTS) is 1. The molecule has 0 amide bonds. The van der Waals surface area contributed by atoms with Crippen LogP contribution in [0.15, 0.2) is 18.2 Å². The summed E-state index contributed by atoms with van der Waals surface area (Å²) in [7, 11) is 0. The molecule has 2 N–H and O–H groups in total. The Morgan fingerprint density at radius 3 is 2.78 bits per heavy atom. The molecule has 0 aromatic heterocycles. The van der Waals surface area contributed by atoms with Gasteiger partial charge in [-0.1, -0.05) is 11.6 Å². The molecule has 100 valence electrons.